The molecule has 0 saturated carbocycles. The molecule has 0 fully saturated rings. The van der Waals surface area contributed by atoms with Gasteiger partial charge in [0.05, 0.1) is 17.2 Å². The molecule has 1 aromatic rings. The fraction of sp³-hybridized carbons (Fsp3) is 0.300. The topological polar surface area (TPSA) is 23.8 Å². The van der Waals surface area contributed by atoms with Crippen LogP contribution in [0.1, 0.15) is 23.6 Å². The van der Waals surface area contributed by atoms with Gasteiger partial charge in [0, 0.05) is 0 Å². The molecule has 0 heterocycles. The number of rotatable bonds is 1. The van der Waals surface area contributed by atoms with Gasteiger partial charge in [-0.3, -0.25) is 0 Å². The third-order valence-electron chi connectivity index (χ3n) is 1.92. The average Bonchev–Trinajstić information content (AvgIpc) is 2.15. The van der Waals surface area contributed by atoms with E-state index in [2.05, 4.69) is 0 Å². The third-order valence-corrected chi connectivity index (χ3v) is 1.92. The van der Waals surface area contributed by atoms with E-state index in [1.54, 1.807) is 6.92 Å². The zero-order chi connectivity index (χ0) is 10.8. The smallest absolute Gasteiger partial charge is 0.192 e. The molecule has 0 amide bonds. The number of halogens is 3. The van der Waals surface area contributed by atoms with Crippen molar-refractivity contribution in [2.45, 2.75) is 19.5 Å². The van der Waals surface area contributed by atoms with Crippen molar-refractivity contribution in [1.29, 1.82) is 5.26 Å². The fourth-order valence-corrected chi connectivity index (χ4v) is 1.14. The molecule has 0 aliphatic carbocycles. The Hall–Kier alpha value is -1.50. The lowest BCUT2D eigenvalue weighted by molar-refractivity contribution is -0.137. The summed E-state index contributed by atoms with van der Waals surface area (Å²) in [6.45, 7) is 1.77. The molecule has 0 saturated heterocycles. The molecule has 74 valence electrons. The van der Waals surface area contributed by atoms with Crippen molar-refractivity contribution >= 4 is 0 Å². The summed E-state index contributed by atoms with van der Waals surface area (Å²) in [5, 5.41) is 8.50. The maximum Gasteiger partial charge on any atom is 0.417 e. The molecule has 0 aromatic heterocycles. The van der Waals surface area contributed by atoms with E-state index >= 15 is 0 Å². The summed E-state index contributed by atoms with van der Waals surface area (Å²) in [7, 11) is 0. The van der Waals surface area contributed by atoms with Crippen LogP contribution in [0.4, 0.5) is 13.2 Å². The van der Waals surface area contributed by atoms with Gasteiger partial charge in [-0.05, 0) is 24.1 Å². The van der Waals surface area contributed by atoms with Crippen LogP contribution in [-0.2, 0) is 12.6 Å². The minimum absolute atomic E-state index is 0.324. The molecule has 4 heteroatoms. The molecule has 0 bridgehead atoms. The summed E-state index contributed by atoms with van der Waals surface area (Å²) in [6, 6.07) is 5.31. The van der Waals surface area contributed by atoms with E-state index in [1.165, 1.54) is 18.2 Å². The second-order valence-corrected chi connectivity index (χ2v) is 2.84. The van der Waals surface area contributed by atoms with Gasteiger partial charge in [-0.2, -0.15) is 18.4 Å². The van der Waals surface area contributed by atoms with E-state index < -0.39 is 11.7 Å². The van der Waals surface area contributed by atoms with Crippen molar-refractivity contribution in [2.24, 2.45) is 0 Å². The summed E-state index contributed by atoms with van der Waals surface area (Å²) < 4.78 is 37.2. The molecule has 0 N–H and O–H groups in total. The monoisotopic (exact) mass is 199 g/mol. The van der Waals surface area contributed by atoms with Gasteiger partial charge in [-0.25, -0.2) is 0 Å². The van der Waals surface area contributed by atoms with Crippen molar-refractivity contribution in [3.05, 3.63) is 34.9 Å². The normalized spacial score (nSPS) is 11.1. The second-order valence-electron chi connectivity index (χ2n) is 2.84. The van der Waals surface area contributed by atoms with Gasteiger partial charge in [0.15, 0.2) is 0 Å². The molecule has 1 rings (SSSR count). The van der Waals surface area contributed by atoms with Gasteiger partial charge >= 0.3 is 6.18 Å². The van der Waals surface area contributed by atoms with E-state index in [0.717, 1.165) is 6.07 Å². The Kier molecular flexibility index (Phi) is 2.80. The standard InChI is InChI=1S/C10H8F3N/c1-2-7-3-4-8(6-14)9(5-7)10(11,12)13/h3-5H,2H2,1H3. The number of benzene rings is 1. The average molecular weight is 199 g/mol. The predicted molar refractivity (Wildman–Crippen MR) is 45.5 cm³/mol. The van der Waals surface area contributed by atoms with Crippen LogP contribution in [0, 0.1) is 11.3 Å². The molecule has 0 atom stereocenters. The first-order valence-corrected chi connectivity index (χ1v) is 4.09. The molecule has 0 spiro atoms. The summed E-state index contributed by atoms with van der Waals surface area (Å²) in [6.07, 6.45) is -3.93. The molecule has 1 nitrogen and oxygen atoms in total. The molecular formula is C10H8F3N. The van der Waals surface area contributed by atoms with Gasteiger partial charge in [0.2, 0.25) is 0 Å². The highest BCUT2D eigenvalue weighted by Crippen LogP contribution is 2.32. The fourth-order valence-electron chi connectivity index (χ4n) is 1.14. The van der Waals surface area contributed by atoms with Crippen LogP contribution in [0.3, 0.4) is 0 Å². The highest BCUT2D eigenvalue weighted by Gasteiger charge is 2.33. The number of hydrogen-bond donors (Lipinski definition) is 0. The van der Waals surface area contributed by atoms with Gasteiger partial charge in [-0.1, -0.05) is 13.0 Å². The summed E-state index contributed by atoms with van der Waals surface area (Å²) in [5.41, 5.74) is -0.592. The van der Waals surface area contributed by atoms with E-state index in [4.69, 9.17) is 5.26 Å². The number of alkyl halides is 3. The van der Waals surface area contributed by atoms with Crippen LogP contribution in [0.2, 0.25) is 0 Å². The summed E-state index contributed by atoms with van der Waals surface area (Å²) in [5.74, 6) is 0. The zero-order valence-electron chi connectivity index (χ0n) is 7.52. The maximum absolute atomic E-state index is 12.4. The zero-order valence-corrected chi connectivity index (χ0v) is 7.52. The van der Waals surface area contributed by atoms with Crippen LogP contribution >= 0.6 is 0 Å². The van der Waals surface area contributed by atoms with E-state index in [9.17, 15) is 13.2 Å². The molecule has 0 radical (unpaired) electrons. The highest BCUT2D eigenvalue weighted by atomic mass is 19.4. The minimum atomic E-state index is -4.45. The first-order chi connectivity index (χ1) is 6.49. The van der Waals surface area contributed by atoms with Crippen LogP contribution < -0.4 is 0 Å². The molecule has 14 heavy (non-hydrogen) atoms. The van der Waals surface area contributed by atoms with E-state index in [-0.39, 0.29) is 5.56 Å². The second kappa shape index (κ2) is 3.70. The van der Waals surface area contributed by atoms with Crippen LogP contribution in [-0.4, -0.2) is 0 Å². The van der Waals surface area contributed by atoms with Gasteiger partial charge in [-0.15, -0.1) is 0 Å². The molecule has 0 aliphatic heterocycles. The number of hydrogen-bond acceptors (Lipinski definition) is 1. The highest BCUT2D eigenvalue weighted by molar-refractivity contribution is 5.42. The lowest BCUT2D eigenvalue weighted by Gasteiger charge is -2.09. The Morgan fingerprint density at radius 3 is 2.43 bits per heavy atom. The van der Waals surface area contributed by atoms with Crippen LogP contribution in [0.5, 0.6) is 0 Å². The Bertz CT molecular complexity index is 374. The molecule has 0 unspecified atom stereocenters. The van der Waals surface area contributed by atoms with Crippen LogP contribution in [0.25, 0.3) is 0 Å². The molecule has 1 aromatic carbocycles. The van der Waals surface area contributed by atoms with Crippen molar-refractivity contribution < 1.29 is 13.2 Å². The van der Waals surface area contributed by atoms with Crippen molar-refractivity contribution in [2.75, 3.05) is 0 Å². The van der Waals surface area contributed by atoms with Crippen molar-refractivity contribution in [1.82, 2.24) is 0 Å². The van der Waals surface area contributed by atoms with Gasteiger partial charge < -0.3 is 0 Å². The number of nitrogens with zero attached hydrogens (tertiary/aromatic N) is 1. The quantitative estimate of drug-likeness (QED) is 0.681. The number of aryl methyl sites for hydroxylation is 1. The van der Waals surface area contributed by atoms with E-state index in [1.807, 2.05) is 0 Å². The minimum Gasteiger partial charge on any atom is -0.192 e. The predicted octanol–water partition coefficient (Wildman–Crippen LogP) is 3.14. The third kappa shape index (κ3) is 2.05. The number of nitriles is 1. The first-order valence-electron chi connectivity index (χ1n) is 4.09. The van der Waals surface area contributed by atoms with E-state index in [0.29, 0.717) is 12.0 Å². The van der Waals surface area contributed by atoms with Crippen molar-refractivity contribution in [3.8, 4) is 6.07 Å². The van der Waals surface area contributed by atoms with Gasteiger partial charge in [0.1, 0.15) is 0 Å². The summed E-state index contributed by atoms with van der Waals surface area (Å²) in [4.78, 5) is 0. The Labute approximate surface area is 79.8 Å². The lowest BCUT2D eigenvalue weighted by Crippen LogP contribution is -2.08. The Morgan fingerprint density at radius 1 is 1.36 bits per heavy atom. The Balaban J connectivity index is 3.31. The van der Waals surface area contributed by atoms with Crippen molar-refractivity contribution in [3.63, 3.8) is 0 Å². The SMILES string of the molecule is CCc1ccc(C#N)c(C(F)(F)F)c1. The summed E-state index contributed by atoms with van der Waals surface area (Å²) >= 11 is 0. The molecule has 0 aliphatic rings. The van der Waals surface area contributed by atoms with Gasteiger partial charge in [0.25, 0.3) is 0 Å². The van der Waals surface area contributed by atoms with Crippen LogP contribution in [0.15, 0.2) is 18.2 Å². The Morgan fingerprint density at radius 2 is 2.00 bits per heavy atom. The molecular weight excluding hydrogens is 191 g/mol. The first kappa shape index (κ1) is 10.6. The maximum atomic E-state index is 12.4. The lowest BCUT2D eigenvalue weighted by atomic mass is 10.0. The largest absolute Gasteiger partial charge is 0.417 e.